The van der Waals surface area contributed by atoms with Gasteiger partial charge >= 0.3 is 0 Å². The van der Waals surface area contributed by atoms with Gasteiger partial charge in [0.25, 0.3) is 5.56 Å². The van der Waals surface area contributed by atoms with Crippen LogP contribution in [0.15, 0.2) is 11.0 Å². The van der Waals surface area contributed by atoms with Gasteiger partial charge in [0.2, 0.25) is 0 Å². The van der Waals surface area contributed by atoms with E-state index >= 15 is 0 Å². The van der Waals surface area contributed by atoms with Crippen molar-refractivity contribution in [1.82, 2.24) is 9.78 Å². The van der Waals surface area contributed by atoms with Gasteiger partial charge in [0, 0.05) is 13.1 Å². The van der Waals surface area contributed by atoms with E-state index in [0.29, 0.717) is 25.4 Å². The van der Waals surface area contributed by atoms with Gasteiger partial charge in [0.1, 0.15) is 11.1 Å². The highest BCUT2D eigenvalue weighted by atomic mass is 35.5. The van der Waals surface area contributed by atoms with Crippen LogP contribution in [0.3, 0.4) is 0 Å². The highest BCUT2D eigenvalue weighted by Crippen LogP contribution is 2.23. The van der Waals surface area contributed by atoms with E-state index in [1.807, 2.05) is 13.8 Å². The molecule has 1 aromatic heterocycles. The fourth-order valence-electron chi connectivity index (χ4n) is 2.14. The third kappa shape index (κ3) is 4.18. The number of ether oxygens (including phenoxy) is 2. The van der Waals surface area contributed by atoms with Gasteiger partial charge in [-0.3, -0.25) is 4.79 Å². The normalized spacial score (nSPS) is 20.7. The molecule has 1 unspecified atom stereocenters. The van der Waals surface area contributed by atoms with E-state index in [9.17, 15) is 4.79 Å². The molecule has 0 spiro atoms. The second-order valence-electron chi connectivity index (χ2n) is 5.59. The minimum absolute atomic E-state index is 0.0708. The second kappa shape index (κ2) is 6.77. The standard InChI is InChI=1S/C14H22ClN3O3/c1-4-5-6-18-13(19)12(15)11(8-17-18)16-7-10-9-20-14(2,3)21-10/h8,10,16H,4-7,9H2,1-3H3. The molecule has 0 bridgehead atoms. The molecule has 7 heteroatoms. The molecule has 0 saturated carbocycles. The Morgan fingerprint density at radius 3 is 2.95 bits per heavy atom. The van der Waals surface area contributed by atoms with E-state index in [0.717, 1.165) is 12.8 Å². The van der Waals surface area contributed by atoms with Gasteiger partial charge in [0.15, 0.2) is 5.79 Å². The summed E-state index contributed by atoms with van der Waals surface area (Å²) in [5, 5.41) is 7.41. The average molecular weight is 316 g/mol. The molecule has 1 saturated heterocycles. The third-order valence-corrected chi connectivity index (χ3v) is 3.66. The van der Waals surface area contributed by atoms with Crippen LogP contribution in [-0.2, 0) is 16.0 Å². The fraction of sp³-hybridized carbons (Fsp3) is 0.714. The van der Waals surface area contributed by atoms with Gasteiger partial charge in [-0.25, -0.2) is 4.68 Å². The number of aryl methyl sites for hydroxylation is 1. The molecule has 1 aliphatic heterocycles. The zero-order chi connectivity index (χ0) is 15.5. The van der Waals surface area contributed by atoms with Crippen LogP contribution < -0.4 is 10.9 Å². The van der Waals surface area contributed by atoms with Crippen LogP contribution in [0.5, 0.6) is 0 Å². The molecule has 1 aliphatic rings. The van der Waals surface area contributed by atoms with E-state index in [2.05, 4.69) is 17.3 Å². The first-order chi connectivity index (χ1) is 9.93. The maximum atomic E-state index is 12.1. The molecule has 1 N–H and O–H groups in total. The van der Waals surface area contributed by atoms with Crippen molar-refractivity contribution < 1.29 is 9.47 Å². The van der Waals surface area contributed by atoms with Crippen molar-refractivity contribution in [2.45, 2.75) is 52.0 Å². The van der Waals surface area contributed by atoms with Crippen LogP contribution in [0.2, 0.25) is 5.02 Å². The summed E-state index contributed by atoms with van der Waals surface area (Å²) in [5.74, 6) is -0.558. The first kappa shape index (κ1) is 16.3. The zero-order valence-electron chi connectivity index (χ0n) is 12.7. The highest BCUT2D eigenvalue weighted by molar-refractivity contribution is 6.32. The van der Waals surface area contributed by atoms with Gasteiger partial charge in [-0.05, 0) is 20.3 Å². The smallest absolute Gasteiger partial charge is 0.287 e. The molecule has 2 heterocycles. The monoisotopic (exact) mass is 315 g/mol. The predicted molar refractivity (Wildman–Crippen MR) is 81.8 cm³/mol. The molecule has 0 aromatic carbocycles. The van der Waals surface area contributed by atoms with E-state index in [4.69, 9.17) is 21.1 Å². The van der Waals surface area contributed by atoms with Gasteiger partial charge in [-0.15, -0.1) is 0 Å². The highest BCUT2D eigenvalue weighted by Gasteiger charge is 2.32. The molecule has 0 aliphatic carbocycles. The van der Waals surface area contributed by atoms with E-state index in [1.165, 1.54) is 4.68 Å². The quantitative estimate of drug-likeness (QED) is 0.872. The molecular formula is C14H22ClN3O3. The number of hydrogen-bond donors (Lipinski definition) is 1. The lowest BCUT2D eigenvalue weighted by Crippen LogP contribution is -2.28. The number of anilines is 1. The van der Waals surface area contributed by atoms with Crippen LogP contribution in [0.25, 0.3) is 0 Å². The van der Waals surface area contributed by atoms with Gasteiger partial charge in [-0.2, -0.15) is 5.10 Å². The summed E-state index contributed by atoms with van der Waals surface area (Å²) in [6.07, 6.45) is 3.41. The summed E-state index contributed by atoms with van der Waals surface area (Å²) in [4.78, 5) is 12.1. The maximum Gasteiger partial charge on any atom is 0.287 e. The summed E-state index contributed by atoms with van der Waals surface area (Å²) in [6.45, 7) is 7.42. The van der Waals surface area contributed by atoms with E-state index in [1.54, 1.807) is 6.20 Å². The summed E-state index contributed by atoms with van der Waals surface area (Å²) in [7, 11) is 0. The van der Waals surface area contributed by atoms with Crippen molar-refractivity contribution in [2.24, 2.45) is 0 Å². The van der Waals surface area contributed by atoms with Crippen LogP contribution in [0, 0.1) is 0 Å². The molecule has 0 radical (unpaired) electrons. The Bertz CT molecular complexity index is 545. The number of nitrogens with one attached hydrogen (secondary N) is 1. The van der Waals surface area contributed by atoms with Crippen molar-refractivity contribution >= 4 is 17.3 Å². The van der Waals surface area contributed by atoms with Crippen molar-refractivity contribution in [3.05, 3.63) is 21.6 Å². The Hall–Kier alpha value is -1.11. The number of unbranched alkanes of at least 4 members (excludes halogenated alkanes) is 1. The molecule has 1 aromatic rings. The Balaban J connectivity index is 1.98. The molecule has 21 heavy (non-hydrogen) atoms. The minimum atomic E-state index is -0.558. The lowest BCUT2D eigenvalue weighted by molar-refractivity contribution is -0.136. The summed E-state index contributed by atoms with van der Waals surface area (Å²) >= 11 is 6.11. The molecule has 1 atom stereocenters. The largest absolute Gasteiger partial charge is 0.380 e. The fourth-order valence-corrected chi connectivity index (χ4v) is 2.36. The number of aromatic nitrogens is 2. The molecule has 0 amide bonds. The molecule has 1 fully saturated rings. The first-order valence-electron chi connectivity index (χ1n) is 7.24. The minimum Gasteiger partial charge on any atom is -0.380 e. The Kier molecular flexibility index (Phi) is 5.24. The van der Waals surface area contributed by atoms with Crippen molar-refractivity contribution in [3.8, 4) is 0 Å². The lowest BCUT2D eigenvalue weighted by Gasteiger charge is -2.17. The third-order valence-electron chi connectivity index (χ3n) is 3.30. The molecule has 2 rings (SSSR count). The Labute approximate surface area is 129 Å². The first-order valence-corrected chi connectivity index (χ1v) is 7.62. The number of halogens is 1. The lowest BCUT2D eigenvalue weighted by atomic mass is 10.3. The van der Waals surface area contributed by atoms with Gasteiger partial charge in [-0.1, -0.05) is 24.9 Å². The van der Waals surface area contributed by atoms with Crippen LogP contribution in [0.4, 0.5) is 5.69 Å². The average Bonchev–Trinajstić information content (AvgIpc) is 2.79. The number of hydrogen-bond acceptors (Lipinski definition) is 5. The molecule has 6 nitrogen and oxygen atoms in total. The van der Waals surface area contributed by atoms with Crippen molar-refractivity contribution in [1.29, 1.82) is 0 Å². The van der Waals surface area contributed by atoms with Crippen LogP contribution in [-0.4, -0.2) is 34.8 Å². The number of nitrogens with zero attached hydrogens (tertiary/aromatic N) is 2. The zero-order valence-corrected chi connectivity index (χ0v) is 13.4. The summed E-state index contributed by atoms with van der Waals surface area (Å²) in [5.41, 5.74) is 0.266. The Morgan fingerprint density at radius 1 is 1.57 bits per heavy atom. The Morgan fingerprint density at radius 2 is 2.33 bits per heavy atom. The summed E-state index contributed by atoms with van der Waals surface area (Å²) < 4.78 is 12.6. The number of rotatable bonds is 6. The SMILES string of the molecule is CCCCn1ncc(NCC2COC(C)(C)O2)c(Cl)c1=O. The van der Waals surface area contributed by atoms with Crippen LogP contribution >= 0.6 is 11.6 Å². The molecular weight excluding hydrogens is 294 g/mol. The van der Waals surface area contributed by atoms with E-state index in [-0.39, 0.29) is 16.7 Å². The second-order valence-corrected chi connectivity index (χ2v) is 5.96. The molecule has 118 valence electrons. The van der Waals surface area contributed by atoms with Gasteiger partial charge in [0.05, 0.1) is 18.5 Å². The van der Waals surface area contributed by atoms with Crippen molar-refractivity contribution in [2.75, 3.05) is 18.5 Å². The summed E-state index contributed by atoms with van der Waals surface area (Å²) in [6, 6.07) is 0. The predicted octanol–water partition coefficient (Wildman–Crippen LogP) is 2.26. The van der Waals surface area contributed by atoms with E-state index < -0.39 is 5.79 Å². The van der Waals surface area contributed by atoms with Crippen LogP contribution in [0.1, 0.15) is 33.6 Å². The van der Waals surface area contributed by atoms with Gasteiger partial charge < -0.3 is 14.8 Å². The maximum absolute atomic E-state index is 12.1. The topological polar surface area (TPSA) is 65.4 Å². The van der Waals surface area contributed by atoms with Crippen molar-refractivity contribution in [3.63, 3.8) is 0 Å².